The van der Waals surface area contributed by atoms with E-state index in [0.717, 1.165) is 32.4 Å². The van der Waals surface area contributed by atoms with Crippen LogP contribution in [0.4, 0.5) is 0 Å². The van der Waals surface area contributed by atoms with Crippen LogP contribution in [-0.4, -0.2) is 59.5 Å². The number of likely N-dealkylation sites (N-methyl/N-ethyl adjacent to an activating group) is 1. The van der Waals surface area contributed by atoms with Crippen molar-refractivity contribution in [3.63, 3.8) is 0 Å². The molecule has 5 nitrogen and oxygen atoms in total. The van der Waals surface area contributed by atoms with E-state index in [2.05, 4.69) is 4.90 Å². The van der Waals surface area contributed by atoms with Gasteiger partial charge in [-0.05, 0) is 52.1 Å². The zero-order chi connectivity index (χ0) is 14.4. The van der Waals surface area contributed by atoms with Crippen LogP contribution >= 0.6 is 0 Å². The zero-order valence-electron chi connectivity index (χ0n) is 12.3. The molecule has 0 aromatic carbocycles. The molecule has 0 atom stereocenters. The highest BCUT2D eigenvalue weighted by molar-refractivity contribution is 5.78. The standard InChI is InChI=1S/C14H26N2O3/c1-11(2)15(3)13(17)10-16-8-6-12(7-9-16)4-5-14(18)19/h11-12H,4-10H2,1-3H3,(H,18,19). The van der Waals surface area contributed by atoms with Crippen molar-refractivity contribution in [3.8, 4) is 0 Å². The maximum atomic E-state index is 12.0. The van der Waals surface area contributed by atoms with Crippen molar-refractivity contribution in [2.24, 2.45) is 5.92 Å². The van der Waals surface area contributed by atoms with Crippen LogP contribution in [0, 0.1) is 5.92 Å². The minimum Gasteiger partial charge on any atom is -0.481 e. The van der Waals surface area contributed by atoms with Crippen molar-refractivity contribution >= 4 is 11.9 Å². The highest BCUT2D eigenvalue weighted by atomic mass is 16.4. The summed E-state index contributed by atoms with van der Waals surface area (Å²) in [4.78, 5) is 26.4. The van der Waals surface area contributed by atoms with Gasteiger partial charge >= 0.3 is 5.97 Å². The average Bonchev–Trinajstić information content (AvgIpc) is 2.36. The fourth-order valence-electron chi connectivity index (χ4n) is 2.35. The van der Waals surface area contributed by atoms with Gasteiger partial charge in [-0.2, -0.15) is 0 Å². The Labute approximate surface area is 115 Å². The maximum absolute atomic E-state index is 12.0. The number of carbonyl (C=O) groups excluding carboxylic acids is 1. The van der Waals surface area contributed by atoms with E-state index in [1.165, 1.54) is 0 Å². The van der Waals surface area contributed by atoms with Crippen LogP contribution in [0.5, 0.6) is 0 Å². The predicted molar refractivity (Wildman–Crippen MR) is 73.9 cm³/mol. The van der Waals surface area contributed by atoms with E-state index < -0.39 is 5.97 Å². The SMILES string of the molecule is CC(C)N(C)C(=O)CN1CCC(CCC(=O)O)CC1. The summed E-state index contributed by atoms with van der Waals surface area (Å²) in [5.41, 5.74) is 0. The van der Waals surface area contributed by atoms with Gasteiger partial charge in [0.05, 0.1) is 6.54 Å². The van der Waals surface area contributed by atoms with Crippen molar-refractivity contribution in [1.82, 2.24) is 9.80 Å². The summed E-state index contributed by atoms with van der Waals surface area (Å²) in [7, 11) is 1.84. The number of hydrogen-bond acceptors (Lipinski definition) is 3. The van der Waals surface area contributed by atoms with Crippen LogP contribution in [0.1, 0.15) is 39.5 Å². The van der Waals surface area contributed by atoms with E-state index >= 15 is 0 Å². The molecule has 5 heteroatoms. The number of hydrogen-bond donors (Lipinski definition) is 1. The second kappa shape index (κ2) is 7.48. The number of aliphatic carboxylic acids is 1. The van der Waals surface area contributed by atoms with E-state index in [4.69, 9.17) is 5.11 Å². The summed E-state index contributed by atoms with van der Waals surface area (Å²) in [6.45, 7) is 6.32. The minimum absolute atomic E-state index is 0.166. The number of piperidine rings is 1. The Bertz CT molecular complexity index is 310. The zero-order valence-corrected chi connectivity index (χ0v) is 12.3. The average molecular weight is 270 g/mol. The molecule has 1 heterocycles. The number of carboxylic acid groups (broad SMARTS) is 1. The number of rotatable bonds is 6. The van der Waals surface area contributed by atoms with Crippen LogP contribution in [0.15, 0.2) is 0 Å². The van der Waals surface area contributed by atoms with E-state index in [1.807, 2.05) is 20.9 Å². The van der Waals surface area contributed by atoms with Gasteiger partial charge in [-0.25, -0.2) is 0 Å². The fraction of sp³-hybridized carbons (Fsp3) is 0.857. The number of nitrogens with zero attached hydrogens (tertiary/aromatic N) is 2. The van der Waals surface area contributed by atoms with E-state index in [0.29, 0.717) is 12.5 Å². The first kappa shape index (κ1) is 16.0. The number of carbonyl (C=O) groups is 2. The quantitative estimate of drug-likeness (QED) is 0.793. The van der Waals surface area contributed by atoms with Gasteiger partial charge in [-0.1, -0.05) is 0 Å². The van der Waals surface area contributed by atoms with Gasteiger partial charge in [-0.3, -0.25) is 14.5 Å². The highest BCUT2D eigenvalue weighted by Crippen LogP contribution is 2.21. The summed E-state index contributed by atoms with van der Waals surface area (Å²) in [6.07, 6.45) is 3.04. The molecular weight excluding hydrogens is 244 g/mol. The van der Waals surface area contributed by atoms with Crippen LogP contribution in [0.2, 0.25) is 0 Å². The fourth-order valence-corrected chi connectivity index (χ4v) is 2.35. The Morgan fingerprint density at radius 3 is 2.37 bits per heavy atom. The monoisotopic (exact) mass is 270 g/mol. The molecule has 1 aliphatic rings. The summed E-state index contributed by atoms with van der Waals surface area (Å²) in [5, 5.41) is 8.67. The molecule has 1 rings (SSSR count). The third kappa shape index (κ3) is 5.59. The lowest BCUT2D eigenvalue weighted by atomic mass is 9.92. The van der Waals surface area contributed by atoms with Crippen molar-refractivity contribution in [1.29, 1.82) is 0 Å². The Morgan fingerprint density at radius 1 is 1.32 bits per heavy atom. The number of likely N-dealkylation sites (tertiary alicyclic amines) is 1. The molecule has 0 saturated carbocycles. The van der Waals surface area contributed by atoms with Gasteiger partial charge in [0, 0.05) is 19.5 Å². The molecule has 1 saturated heterocycles. The van der Waals surface area contributed by atoms with Crippen LogP contribution in [-0.2, 0) is 9.59 Å². The Hall–Kier alpha value is -1.10. The Balaban J connectivity index is 2.26. The van der Waals surface area contributed by atoms with Gasteiger partial charge in [0.1, 0.15) is 0 Å². The molecule has 0 unspecified atom stereocenters. The molecule has 0 radical (unpaired) electrons. The van der Waals surface area contributed by atoms with Gasteiger partial charge in [0.2, 0.25) is 5.91 Å². The normalized spacial score (nSPS) is 17.7. The molecule has 1 aliphatic heterocycles. The third-order valence-corrected chi connectivity index (χ3v) is 4.00. The summed E-state index contributed by atoms with van der Waals surface area (Å²) in [5.74, 6) is -0.0413. The highest BCUT2D eigenvalue weighted by Gasteiger charge is 2.22. The number of carboxylic acids is 1. The topological polar surface area (TPSA) is 60.9 Å². The lowest BCUT2D eigenvalue weighted by Crippen LogP contribution is -2.44. The predicted octanol–water partition coefficient (Wildman–Crippen LogP) is 1.43. The minimum atomic E-state index is -0.712. The second-order valence-electron chi connectivity index (χ2n) is 5.75. The van der Waals surface area contributed by atoms with E-state index in [9.17, 15) is 9.59 Å². The van der Waals surface area contributed by atoms with Crippen LogP contribution < -0.4 is 0 Å². The van der Waals surface area contributed by atoms with E-state index in [-0.39, 0.29) is 18.4 Å². The molecule has 1 N–H and O–H groups in total. The molecule has 1 fully saturated rings. The summed E-state index contributed by atoms with van der Waals surface area (Å²) >= 11 is 0. The van der Waals surface area contributed by atoms with Gasteiger partial charge in [0.25, 0.3) is 0 Å². The van der Waals surface area contributed by atoms with Crippen LogP contribution in [0.3, 0.4) is 0 Å². The van der Waals surface area contributed by atoms with Crippen molar-refractivity contribution < 1.29 is 14.7 Å². The molecule has 0 bridgehead atoms. The van der Waals surface area contributed by atoms with Crippen molar-refractivity contribution in [2.45, 2.75) is 45.6 Å². The lowest BCUT2D eigenvalue weighted by molar-refractivity contribution is -0.137. The second-order valence-corrected chi connectivity index (χ2v) is 5.75. The third-order valence-electron chi connectivity index (χ3n) is 4.00. The van der Waals surface area contributed by atoms with Gasteiger partial charge in [-0.15, -0.1) is 0 Å². The van der Waals surface area contributed by atoms with Crippen LogP contribution in [0.25, 0.3) is 0 Å². The molecule has 19 heavy (non-hydrogen) atoms. The molecule has 1 amide bonds. The summed E-state index contributed by atoms with van der Waals surface area (Å²) < 4.78 is 0. The smallest absolute Gasteiger partial charge is 0.303 e. The molecule has 0 aromatic rings. The molecule has 110 valence electrons. The number of amides is 1. The first-order chi connectivity index (χ1) is 8.90. The van der Waals surface area contributed by atoms with Crippen molar-refractivity contribution in [2.75, 3.05) is 26.7 Å². The molecule has 0 spiro atoms. The lowest BCUT2D eigenvalue weighted by Gasteiger charge is -2.33. The molecular formula is C14H26N2O3. The molecule has 0 aliphatic carbocycles. The van der Waals surface area contributed by atoms with Crippen molar-refractivity contribution in [3.05, 3.63) is 0 Å². The Morgan fingerprint density at radius 2 is 1.89 bits per heavy atom. The first-order valence-electron chi connectivity index (χ1n) is 7.10. The first-order valence-corrected chi connectivity index (χ1v) is 7.10. The summed E-state index contributed by atoms with van der Waals surface area (Å²) in [6, 6.07) is 0.237. The van der Waals surface area contributed by atoms with Gasteiger partial charge in [0.15, 0.2) is 0 Å². The Kier molecular flexibility index (Phi) is 6.28. The van der Waals surface area contributed by atoms with E-state index in [1.54, 1.807) is 4.90 Å². The van der Waals surface area contributed by atoms with Gasteiger partial charge < -0.3 is 10.0 Å². The largest absolute Gasteiger partial charge is 0.481 e. The maximum Gasteiger partial charge on any atom is 0.303 e. The molecule has 0 aromatic heterocycles.